The largest absolute Gasteiger partial charge is 0.381 e. The average Bonchev–Trinajstić information content (AvgIpc) is 2.02. The lowest BCUT2D eigenvalue weighted by Gasteiger charge is -2.15. The summed E-state index contributed by atoms with van der Waals surface area (Å²) in [6, 6.07) is 3.67. The molecule has 2 nitrogen and oxygen atoms in total. The van der Waals surface area contributed by atoms with Crippen LogP contribution >= 0.6 is 0 Å². The maximum atomic E-state index is 13.0. The zero-order valence-corrected chi connectivity index (χ0v) is 7.34. The maximum Gasteiger partial charge on any atom is 0.122 e. The van der Waals surface area contributed by atoms with E-state index in [-0.39, 0.29) is 0 Å². The van der Waals surface area contributed by atoms with E-state index >= 15 is 0 Å². The quantitative estimate of drug-likeness (QED) is 0.748. The van der Waals surface area contributed by atoms with Crippen molar-refractivity contribution in [2.75, 3.05) is 11.9 Å². The molecule has 0 aliphatic rings. The minimum atomic E-state index is -1.18. The molecule has 0 spiro atoms. The zero-order chi connectivity index (χ0) is 9.03. The topological polar surface area (TPSA) is 24.9 Å². The first-order valence-corrected chi connectivity index (χ1v) is 3.91. The van der Waals surface area contributed by atoms with E-state index in [1.807, 2.05) is 12.1 Å². The summed E-state index contributed by atoms with van der Waals surface area (Å²) in [5.41, 5.74) is -0.334. The van der Waals surface area contributed by atoms with Crippen molar-refractivity contribution in [3.63, 3.8) is 0 Å². The molecular weight excluding hydrogens is 155 g/mol. The lowest BCUT2D eigenvalue weighted by Crippen LogP contribution is -2.24. The number of rotatable bonds is 3. The summed E-state index contributed by atoms with van der Waals surface area (Å²) in [6.07, 6.45) is 3.36. The maximum absolute atomic E-state index is 13.0. The Morgan fingerprint density at radius 1 is 1.58 bits per heavy atom. The van der Waals surface area contributed by atoms with Gasteiger partial charge in [-0.15, -0.1) is 0 Å². The number of alkyl halides is 1. The minimum absolute atomic E-state index is 0.304. The summed E-state index contributed by atoms with van der Waals surface area (Å²) < 4.78 is 13.0. The Hall–Kier alpha value is -1.12. The molecule has 3 heteroatoms. The van der Waals surface area contributed by atoms with Crippen LogP contribution in [0.3, 0.4) is 0 Å². The number of halogens is 1. The molecule has 0 aromatic carbocycles. The summed E-state index contributed by atoms with van der Waals surface area (Å²) in [7, 11) is 0. The predicted octanol–water partition coefficient (Wildman–Crippen LogP) is 2.24. The third-order valence-electron chi connectivity index (χ3n) is 1.37. The average molecular weight is 168 g/mol. The van der Waals surface area contributed by atoms with Crippen molar-refractivity contribution in [3.8, 4) is 0 Å². The van der Waals surface area contributed by atoms with Crippen LogP contribution in [0.15, 0.2) is 24.5 Å². The molecule has 0 saturated carbocycles. The van der Waals surface area contributed by atoms with Gasteiger partial charge in [-0.05, 0) is 26.0 Å². The summed E-state index contributed by atoms with van der Waals surface area (Å²) in [5, 5.41) is 2.95. The fourth-order valence-corrected chi connectivity index (χ4v) is 0.780. The van der Waals surface area contributed by atoms with Crippen LogP contribution in [0.5, 0.6) is 0 Å². The molecule has 0 bridgehead atoms. The lowest BCUT2D eigenvalue weighted by atomic mass is 10.2. The molecule has 66 valence electrons. The first-order chi connectivity index (χ1) is 5.58. The van der Waals surface area contributed by atoms with Crippen LogP contribution in [0.1, 0.15) is 13.8 Å². The van der Waals surface area contributed by atoms with Crippen LogP contribution < -0.4 is 5.32 Å². The van der Waals surface area contributed by atoms with Crippen LogP contribution in [0.4, 0.5) is 10.1 Å². The number of hydrogen-bond acceptors (Lipinski definition) is 2. The van der Waals surface area contributed by atoms with E-state index in [0.717, 1.165) is 5.69 Å². The molecule has 1 heterocycles. The monoisotopic (exact) mass is 168 g/mol. The Bertz CT molecular complexity index is 228. The van der Waals surface area contributed by atoms with Crippen molar-refractivity contribution in [1.82, 2.24) is 4.98 Å². The molecule has 0 saturated heterocycles. The van der Waals surface area contributed by atoms with Crippen molar-refractivity contribution in [3.05, 3.63) is 24.5 Å². The first-order valence-electron chi connectivity index (χ1n) is 3.91. The van der Waals surface area contributed by atoms with Crippen molar-refractivity contribution in [1.29, 1.82) is 0 Å². The lowest BCUT2D eigenvalue weighted by molar-refractivity contribution is 0.235. The number of hydrogen-bond donors (Lipinski definition) is 1. The van der Waals surface area contributed by atoms with Gasteiger partial charge in [0, 0.05) is 18.9 Å². The van der Waals surface area contributed by atoms with E-state index in [0.29, 0.717) is 6.54 Å². The van der Waals surface area contributed by atoms with Crippen LogP contribution in [-0.4, -0.2) is 17.2 Å². The second kappa shape index (κ2) is 3.52. The first kappa shape index (κ1) is 8.97. The van der Waals surface area contributed by atoms with E-state index in [1.165, 1.54) is 13.8 Å². The molecule has 0 unspecified atom stereocenters. The zero-order valence-electron chi connectivity index (χ0n) is 7.34. The number of pyridine rings is 1. The number of nitrogens with one attached hydrogen (secondary N) is 1. The smallest absolute Gasteiger partial charge is 0.122 e. The van der Waals surface area contributed by atoms with Crippen molar-refractivity contribution in [2.45, 2.75) is 19.5 Å². The normalized spacial score (nSPS) is 11.2. The van der Waals surface area contributed by atoms with E-state index in [4.69, 9.17) is 0 Å². The van der Waals surface area contributed by atoms with Gasteiger partial charge in [0.25, 0.3) is 0 Å². The van der Waals surface area contributed by atoms with Crippen molar-refractivity contribution < 1.29 is 4.39 Å². The second-order valence-corrected chi connectivity index (χ2v) is 3.31. The number of aromatic nitrogens is 1. The summed E-state index contributed by atoms with van der Waals surface area (Å²) in [6.45, 7) is 3.38. The van der Waals surface area contributed by atoms with Crippen LogP contribution in [-0.2, 0) is 0 Å². The Balaban J connectivity index is 2.44. The fraction of sp³-hybridized carbons (Fsp3) is 0.444. The van der Waals surface area contributed by atoms with E-state index in [1.54, 1.807) is 12.4 Å². The highest BCUT2D eigenvalue weighted by atomic mass is 19.1. The van der Waals surface area contributed by atoms with Gasteiger partial charge in [-0.2, -0.15) is 0 Å². The van der Waals surface area contributed by atoms with E-state index in [2.05, 4.69) is 10.3 Å². The van der Waals surface area contributed by atoms with Gasteiger partial charge in [0.05, 0.1) is 5.69 Å². The van der Waals surface area contributed by atoms with E-state index in [9.17, 15) is 4.39 Å². The Morgan fingerprint density at radius 3 is 2.83 bits per heavy atom. The third-order valence-corrected chi connectivity index (χ3v) is 1.37. The van der Waals surface area contributed by atoms with Gasteiger partial charge in [0.15, 0.2) is 0 Å². The van der Waals surface area contributed by atoms with Crippen LogP contribution in [0.2, 0.25) is 0 Å². The highest BCUT2D eigenvalue weighted by Gasteiger charge is 2.14. The molecule has 0 radical (unpaired) electrons. The molecule has 0 aliphatic carbocycles. The molecule has 1 aromatic rings. The Kier molecular flexibility index (Phi) is 2.63. The molecule has 0 atom stereocenters. The van der Waals surface area contributed by atoms with Gasteiger partial charge in [-0.25, -0.2) is 4.39 Å². The van der Waals surface area contributed by atoms with Crippen LogP contribution in [0.25, 0.3) is 0 Å². The minimum Gasteiger partial charge on any atom is -0.381 e. The fourth-order valence-electron chi connectivity index (χ4n) is 0.780. The van der Waals surface area contributed by atoms with Gasteiger partial charge >= 0.3 is 0 Å². The van der Waals surface area contributed by atoms with Gasteiger partial charge in [0.1, 0.15) is 5.67 Å². The number of nitrogens with zero attached hydrogens (tertiary/aromatic N) is 1. The summed E-state index contributed by atoms with van der Waals surface area (Å²) in [5.74, 6) is 0. The van der Waals surface area contributed by atoms with Gasteiger partial charge in [-0.3, -0.25) is 4.98 Å². The van der Waals surface area contributed by atoms with Gasteiger partial charge in [-0.1, -0.05) is 0 Å². The molecule has 1 N–H and O–H groups in total. The molecular formula is C9H13FN2. The van der Waals surface area contributed by atoms with Crippen molar-refractivity contribution in [2.24, 2.45) is 0 Å². The van der Waals surface area contributed by atoms with Gasteiger partial charge < -0.3 is 5.32 Å². The predicted molar refractivity (Wildman–Crippen MR) is 47.9 cm³/mol. The second-order valence-electron chi connectivity index (χ2n) is 3.31. The number of anilines is 1. The van der Waals surface area contributed by atoms with Crippen LogP contribution in [0, 0.1) is 0 Å². The highest BCUT2D eigenvalue weighted by Crippen LogP contribution is 2.10. The summed E-state index contributed by atoms with van der Waals surface area (Å²) in [4.78, 5) is 3.90. The van der Waals surface area contributed by atoms with E-state index < -0.39 is 5.67 Å². The Labute approximate surface area is 71.8 Å². The molecule has 0 amide bonds. The molecule has 0 fully saturated rings. The van der Waals surface area contributed by atoms with Gasteiger partial charge in [0.2, 0.25) is 0 Å². The standard InChI is InChI=1S/C9H13FN2/c1-9(2,10)7-12-8-4-3-5-11-6-8/h3-6,12H,7H2,1-2H3. The highest BCUT2D eigenvalue weighted by molar-refractivity contribution is 5.39. The Morgan fingerprint density at radius 2 is 2.33 bits per heavy atom. The summed E-state index contributed by atoms with van der Waals surface area (Å²) >= 11 is 0. The molecule has 1 aromatic heterocycles. The molecule has 1 rings (SSSR count). The SMILES string of the molecule is CC(C)(F)CNc1cccnc1. The van der Waals surface area contributed by atoms with Crippen molar-refractivity contribution >= 4 is 5.69 Å². The molecule has 12 heavy (non-hydrogen) atoms. The molecule has 0 aliphatic heterocycles. The third kappa shape index (κ3) is 3.32.